The number of hydrogen-bond acceptors (Lipinski definition) is 2. The zero-order valence-corrected chi connectivity index (χ0v) is 13.8. The summed E-state index contributed by atoms with van der Waals surface area (Å²) in [6.45, 7) is 7.17. The first-order valence-corrected chi connectivity index (χ1v) is 8.88. The van der Waals surface area contributed by atoms with Crippen molar-refractivity contribution in [2.75, 3.05) is 0 Å². The summed E-state index contributed by atoms with van der Waals surface area (Å²) in [4.78, 5) is 0. The first kappa shape index (κ1) is 13.6. The minimum absolute atomic E-state index is 0.0235. The molecule has 4 saturated carbocycles. The van der Waals surface area contributed by atoms with Gasteiger partial charge >= 0.3 is 7.12 Å². The van der Waals surface area contributed by atoms with E-state index in [0.717, 1.165) is 5.92 Å². The third kappa shape index (κ3) is 1.64. The van der Waals surface area contributed by atoms with Gasteiger partial charge in [0.2, 0.25) is 0 Å². The van der Waals surface area contributed by atoms with Crippen LogP contribution in [0.3, 0.4) is 0 Å². The van der Waals surface area contributed by atoms with E-state index >= 15 is 0 Å². The lowest BCUT2D eigenvalue weighted by Gasteiger charge is -2.64. The first-order valence-electron chi connectivity index (χ1n) is 8.88. The fraction of sp³-hybridized carbons (Fsp3) is 0.684. The van der Waals surface area contributed by atoms with Crippen LogP contribution in [-0.4, -0.2) is 18.8 Å². The molecule has 5 fully saturated rings. The lowest BCUT2D eigenvalue weighted by Crippen LogP contribution is -2.65. The molecule has 1 heterocycles. The summed E-state index contributed by atoms with van der Waals surface area (Å²) < 4.78 is 13.0. The van der Waals surface area contributed by atoms with Crippen LogP contribution in [0.5, 0.6) is 0 Å². The van der Waals surface area contributed by atoms with E-state index in [0.29, 0.717) is 29.2 Å². The average molecular weight is 296 g/mol. The molecule has 1 saturated heterocycles. The largest absolute Gasteiger partial charge is 0.461 e. The van der Waals surface area contributed by atoms with Gasteiger partial charge in [-0.05, 0) is 54.9 Å². The zero-order valence-electron chi connectivity index (χ0n) is 13.8. The quantitative estimate of drug-likeness (QED) is 0.759. The Bertz CT molecular complexity index is 601. The third-order valence-corrected chi connectivity index (χ3v) is 7.39. The van der Waals surface area contributed by atoms with Crippen molar-refractivity contribution in [2.45, 2.75) is 63.5 Å². The highest BCUT2D eigenvalue weighted by molar-refractivity contribution is 6.49. The van der Waals surface area contributed by atoms with Gasteiger partial charge in [-0.15, -0.1) is 0 Å². The third-order valence-electron chi connectivity index (χ3n) is 7.39. The van der Waals surface area contributed by atoms with E-state index in [4.69, 9.17) is 9.31 Å². The molecular weight excluding hydrogens is 271 g/mol. The van der Waals surface area contributed by atoms with Crippen molar-refractivity contribution in [1.82, 2.24) is 0 Å². The number of hydrogen-bond donors (Lipinski definition) is 0. The summed E-state index contributed by atoms with van der Waals surface area (Å²) in [5, 5.41) is 0. The van der Waals surface area contributed by atoms with E-state index in [1.807, 2.05) is 0 Å². The van der Waals surface area contributed by atoms with Gasteiger partial charge in [-0.2, -0.15) is 0 Å². The van der Waals surface area contributed by atoms with Crippen LogP contribution >= 0.6 is 0 Å². The molecular formula is C19H25BO2. The lowest BCUT2D eigenvalue weighted by molar-refractivity contribution is -0.199. The summed E-state index contributed by atoms with van der Waals surface area (Å²) in [5.74, 6) is 2.70. The maximum atomic E-state index is 6.59. The summed E-state index contributed by atoms with van der Waals surface area (Å²) in [6.07, 6.45) is 4.07. The first-order chi connectivity index (χ1) is 10.5. The highest BCUT2D eigenvalue weighted by Crippen LogP contribution is 2.67. The van der Waals surface area contributed by atoms with Crippen molar-refractivity contribution in [2.24, 2.45) is 17.3 Å². The van der Waals surface area contributed by atoms with Gasteiger partial charge in [0.15, 0.2) is 0 Å². The molecule has 0 unspecified atom stereocenters. The van der Waals surface area contributed by atoms with Crippen molar-refractivity contribution >= 4 is 7.12 Å². The number of rotatable bonds is 2. The van der Waals surface area contributed by atoms with Crippen molar-refractivity contribution in [3.8, 4) is 0 Å². The molecule has 22 heavy (non-hydrogen) atoms. The Morgan fingerprint density at radius 3 is 2.55 bits per heavy atom. The minimum Gasteiger partial charge on any atom is -0.405 e. The molecule has 2 bridgehead atoms. The highest BCUT2D eigenvalue weighted by atomic mass is 16.7. The molecule has 6 atom stereocenters. The van der Waals surface area contributed by atoms with Gasteiger partial charge in [0, 0.05) is 5.82 Å². The van der Waals surface area contributed by atoms with Crippen LogP contribution in [-0.2, 0) is 9.31 Å². The van der Waals surface area contributed by atoms with E-state index in [2.05, 4.69) is 51.1 Å². The van der Waals surface area contributed by atoms with Crippen LogP contribution in [0.15, 0.2) is 30.3 Å². The van der Waals surface area contributed by atoms with E-state index in [1.54, 1.807) is 0 Å². The molecule has 1 aliphatic heterocycles. The molecule has 6 rings (SSSR count). The van der Waals surface area contributed by atoms with Gasteiger partial charge in [-0.3, -0.25) is 0 Å². The summed E-state index contributed by atoms with van der Waals surface area (Å²) >= 11 is 0. The molecule has 0 spiro atoms. The Morgan fingerprint density at radius 1 is 1.05 bits per heavy atom. The van der Waals surface area contributed by atoms with Crippen molar-refractivity contribution in [1.29, 1.82) is 0 Å². The monoisotopic (exact) mass is 296 g/mol. The van der Waals surface area contributed by atoms with Crippen molar-refractivity contribution in [3.63, 3.8) is 0 Å². The Labute approximate surface area is 133 Å². The fourth-order valence-corrected chi connectivity index (χ4v) is 5.68. The standard InChI is InChI=1S/C19H25BO2/c1-18(2)13-9-16(18)19(3)17(10-13)21-20(22-19)15-11-14(15)12-7-5-4-6-8-12/h4-8,13-17H,9-11H2,1-3H3/t13-,14-,15+,16-,17+,19-/m0/s1. The molecule has 4 aliphatic carbocycles. The van der Waals surface area contributed by atoms with Crippen LogP contribution < -0.4 is 0 Å². The second-order valence-electron chi connectivity index (χ2n) is 8.75. The summed E-state index contributed by atoms with van der Waals surface area (Å²) in [5.41, 5.74) is 1.84. The van der Waals surface area contributed by atoms with E-state index in [9.17, 15) is 0 Å². The predicted molar refractivity (Wildman–Crippen MR) is 87.7 cm³/mol. The van der Waals surface area contributed by atoms with Crippen LogP contribution in [0, 0.1) is 17.3 Å². The topological polar surface area (TPSA) is 18.5 Å². The predicted octanol–water partition coefficient (Wildman–Crippen LogP) is 4.27. The van der Waals surface area contributed by atoms with Crippen LogP contribution in [0.1, 0.15) is 51.5 Å². The van der Waals surface area contributed by atoms with Gasteiger partial charge in [0.05, 0.1) is 11.7 Å². The van der Waals surface area contributed by atoms with Gasteiger partial charge in [0.25, 0.3) is 0 Å². The maximum Gasteiger partial charge on any atom is 0.461 e. The average Bonchev–Trinajstić information content (AvgIpc) is 3.22. The molecule has 5 aliphatic rings. The molecule has 0 radical (unpaired) electrons. The van der Waals surface area contributed by atoms with Crippen LogP contribution in [0.25, 0.3) is 0 Å². The summed E-state index contributed by atoms with van der Waals surface area (Å²) in [7, 11) is 0.0235. The fourth-order valence-electron chi connectivity index (χ4n) is 5.68. The van der Waals surface area contributed by atoms with E-state index in [-0.39, 0.29) is 12.7 Å². The molecule has 2 nitrogen and oxygen atoms in total. The number of benzene rings is 1. The van der Waals surface area contributed by atoms with E-state index in [1.165, 1.54) is 24.8 Å². The van der Waals surface area contributed by atoms with E-state index < -0.39 is 0 Å². The molecule has 0 N–H and O–H groups in total. The molecule has 1 aromatic carbocycles. The van der Waals surface area contributed by atoms with Gasteiger partial charge in [-0.25, -0.2) is 0 Å². The SMILES string of the molecule is CC1(C)[C@@H]2C[C@H]3OB([C@@H]4C[C@H]4c4ccccc4)O[C@@]3(C)[C@H]1C2. The Hall–Kier alpha value is -0.795. The van der Waals surface area contributed by atoms with Gasteiger partial charge in [0.1, 0.15) is 0 Å². The lowest BCUT2D eigenvalue weighted by atomic mass is 9.43. The highest BCUT2D eigenvalue weighted by Gasteiger charge is 2.69. The smallest absolute Gasteiger partial charge is 0.405 e. The van der Waals surface area contributed by atoms with Gasteiger partial charge < -0.3 is 9.31 Å². The second-order valence-corrected chi connectivity index (χ2v) is 8.75. The normalized spacial score (nSPS) is 47.8. The van der Waals surface area contributed by atoms with Crippen LogP contribution in [0.2, 0.25) is 5.82 Å². The maximum absolute atomic E-state index is 6.59. The molecule has 0 aromatic heterocycles. The Kier molecular flexibility index (Phi) is 2.59. The Balaban J connectivity index is 1.34. The minimum atomic E-state index is -0.0489. The van der Waals surface area contributed by atoms with Crippen molar-refractivity contribution < 1.29 is 9.31 Å². The summed E-state index contributed by atoms with van der Waals surface area (Å²) in [6, 6.07) is 10.9. The Morgan fingerprint density at radius 2 is 1.82 bits per heavy atom. The van der Waals surface area contributed by atoms with Gasteiger partial charge in [-0.1, -0.05) is 44.2 Å². The van der Waals surface area contributed by atoms with Crippen molar-refractivity contribution in [3.05, 3.63) is 35.9 Å². The zero-order chi connectivity index (χ0) is 15.1. The van der Waals surface area contributed by atoms with Crippen LogP contribution in [0.4, 0.5) is 0 Å². The molecule has 1 aromatic rings. The molecule has 0 amide bonds. The molecule has 116 valence electrons. The molecule has 3 heteroatoms. The second kappa shape index (κ2) is 4.18.